The van der Waals surface area contributed by atoms with Gasteiger partial charge in [-0.1, -0.05) is 17.7 Å². The van der Waals surface area contributed by atoms with Gasteiger partial charge in [-0.3, -0.25) is 0 Å². The van der Waals surface area contributed by atoms with Crippen molar-refractivity contribution in [3.8, 4) is 0 Å². The summed E-state index contributed by atoms with van der Waals surface area (Å²) in [6.45, 7) is 3.68. The molecule has 0 aliphatic rings. The molecule has 0 amide bonds. The van der Waals surface area contributed by atoms with E-state index >= 15 is 0 Å². The highest BCUT2D eigenvalue weighted by Crippen LogP contribution is 2.23. The number of hydrogen-bond acceptors (Lipinski definition) is 4. The molecule has 0 atom stereocenters. The lowest BCUT2D eigenvalue weighted by atomic mass is 10.2. The molecule has 0 saturated carbocycles. The summed E-state index contributed by atoms with van der Waals surface area (Å²) < 4.78 is 0. The van der Waals surface area contributed by atoms with E-state index in [2.05, 4.69) is 15.3 Å². The number of nitrogens with two attached hydrogens (primary N) is 1. The van der Waals surface area contributed by atoms with Crippen LogP contribution in [0.1, 0.15) is 11.4 Å². The molecule has 0 aliphatic carbocycles. The molecule has 5 heteroatoms. The van der Waals surface area contributed by atoms with E-state index in [0.29, 0.717) is 22.5 Å². The van der Waals surface area contributed by atoms with Crippen molar-refractivity contribution in [1.29, 1.82) is 0 Å². The van der Waals surface area contributed by atoms with E-state index in [-0.39, 0.29) is 0 Å². The monoisotopic (exact) mass is 248 g/mol. The first-order valence-electron chi connectivity index (χ1n) is 5.19. The fourth-order valence-electron chi connectivity index (χ4n) is 1.47. The molecule has 2 aromatic rings. The Balaban J connectivity index is 2.36. The standard InChI is InChI=1S/C12H13ClN4/c1-7-11(14)15-8(2)16-12(7)17-10-5-3-4-9(13)6-10/h3-6H,1-2H3,(H3,14,15,16,17). The van der Waals surface area contributed by atoms with Crippen LogP contribution in [0.3, 0.4) is 0 Å². The second-order valence-corrected chi connectivity index (χ2v) is 4.20. The normalized spacial score (nSPS) is 10.3. The molecule has 88 valence electrons. The lowest BCUT2D eigenvalue weighted by Gasteiger charge is -2.10. The quantitative estimate of drug-likeness (QED) is 0.857. The van der Waals surface area contributed by atoms with Gasteiger partial charge in [0, 0.05) is 16.3 Å². The topological polar surface area (TPSA) is 63.8 Å². The number of anilines is 3. The number of aryl methyl sites for hydroxylation is 1. The molecule has 0 bridgehead atoms. The number of hydrogen-bond donors (Lipinski definition) is 2. The predicted octanol–water partition coefficient (Wildman–Crippen LogP) is 3.07. The van der Waals surface area contributed by atoms with Crippen LogP contribution >= 0.6 is 11.6 Å². The molecule has 0 fully saturated rings. The average Bonchev–Trinajstić information content (AvgIpc) is 2.25. The number of rotatable bonds is 2. The fourth-order valence-corrected chi connectivity index (χ4v) is 1.67. The van der Waals surface area contributed by atoms with E-state index in [1.807, 2.05) is 31.2 Å². The number of aromatic nitrogens is 2. The Morgan fingerprint density at radius 1 is 1.24 bits per heavy atom. The van der Waals surface area contributed by atoms with Gasteiger partial charge in [-0.25, -0.2) is 9.97 Å². The summed E-state index contributed by atoms with van der Waals surface area (Å²) in [6, 6.07) is 7.43. The van der Waals surface area contributed by atoms with Crippen molar-refractivity contribution in [2.45, 2.75) is 13.8 Å². The van der Waals surface area contributed by atoms with Gasteiger partial charge in [0.15, 0.2) is 0 Å². The highest BCUT2D eigenvalue weighted by Gasteiger charge is 2.06. The zero-order valence-corrected chi connectivity index (χ0v) is 10.4. The first kappa shape index (κ1) is 11.7. The zero-order chi connectivity index (χ0) is 12.4. The van der Waals surface area contributed by atoms with Crippen molar-refractivity contribution in [2.75, 3.05) is 11.1 Å². The molecule has 1 aromatic carbocycles. The van der Waals surface area contributed by atoms with E-state index < -0.39 is 0 Å². The van der Waals surface area contributed by atoms with Crippen molar-refractivity contribution >= 4 is 28.9 Å². The third-order valence-electron chi connectivity index (χ3n) is 2.38. The zero-order valence-electron chi connectivity index (χ0n) is 9.66. The number of halogens is 1. The van der Waals surface area contributed by atoms with Crippen LogP contribution in [-0.4, -0.2) is 9.97 Å². The van der Waals surface area contributed by atoms with E-state index in [0.717, 1.165) is 11.3 Å². The fraction of sp³-hybridized carbons (Fsp3) is 0.167. The van der Waals surface area contributed by atoms with Crippen molar-refractivity contribution in [3.05, 3.63) is 40.7 Å². The van der Waals surface area contributed by atoms with Crippen LogP contribution in [0.5, 0.6) is 0 Å². The molecule has 3 N–H and O–H groups in total. The minimum Gasteiger partial charge on any atom is -0.383 e. The molecule has 0 saturated heterocycles. The molecule has 0 unspecified atom stereocenters. The van der Waals surface area contributed by atoms with Crippen molar-refractivity contribution in [1.82, 2.24) is 9.97 Å². The third kappa shape index (κ3) is 2.65. The van der Waals surface area contributed by atoms with E-state index in [1.54, 1.807) is 6.92 Å². The highest BCUT2D eigenvalue weighted by atomic mass is 35.5. The Labute approximate surface area is 105 Å². The van der Waals surface area contributed by atoms with Crippen LogP contribution in [0.4, 0.5) is 17.3 Å². The van der Waals surface area contributed by atoms with Gasteiger partial charge in [0.1, 0.15) is 17.5 Å². The number of nitrogen functional groups attached to an aromatic ring is 1. The lowest BCUT2D eigenvalue weighted by Crippen LogP contribution is -2.04. The molecule has 1 aromatic heterocycles. The van der Waals surface area contributed by atoms with Crippen LogP contribution < -0.4 is 11.1 Å². The summed E-state index contributed by atoms with van der Waals surface area (Å²) in [5.41, 5.74) is 7.49. The molecular weight excluding hydrogens is 236 g/mol. The average molecular weight is 249 g/mol. The SMILES string of the molecule is Cc1nc(N)c(C)c(Nc2cccc(Cl)c2)n1. The van der Waals surface area contributed by atoms with Crippen molar-refractivity contribution in [2.24, 2.45) is 0 Å². The third-order valence-corrected chi connectivity index (χ3v) is 2.62. The number of nitrogens with zero attached hydrogens (tertiary/aromatic N) is 2. The van der Waals surface area contributed by atoms with Crippen LogP contribution in [-0.2, 0) is 0 Å². The Kier molecular flexibility index (Phi) is 3.15. The summed E-state index contributed by atoms with van der Waals surface area (Å²) in [6.07, 6.45) is 0. The van der Waals surface area contributed by atoms with Gasteiger partial charge in [-0.05, 0) is 32.0 Å². The van der Waals surface area contributed by atoms with Crippen LogP contribution in [0.15, 0.2) is 24.3 Å². The summed E-state index contributed by atoms with van der Waals surface area (Å²) in [4.78, 5) is 8.41. The summed E-state index contributed by atoms with van der Waals surface area (Å²) in [7, 11) is 0. The maximum absolute atomic E-state index is 5.92. The Morgan fingerprint density at radius 2 is 2.00 bits per heavy atom. The predicted molar refractivity (Wildman–Crippen MR) is 70.7 cm³/mol. The van der Waals surface area contributed by atoms with Gasteiger partial charge in [-0.2, -0.15) is 0 Å². The summed E-state index contributed by atoms with van der Waals surface area (Å²) >= 11 is 5.92. The maximum Gasteiger partial charge on any atom is 0.139 e. The maximum atomic E-state index is 5.92. The van der Waals surface area contributed by atoms with E-state index in [9.17, 15) is 0 Å². The molecule has 2 rings (SSSR count). The second-order valence-electron chi connectivity index (χ2n) is 3.77. The first-order valence-corrected chi connectivity index (χ1v) is 5.57. The summed E-state index contributed by atoms with van der Waals surface area (Å²) in [5.74, 6) is 1.83. The molecule has 17 heavy (non-hydrogen) atoms. The van der Waals surface area contributed by atoms with Gasteiger partial charge >= 0.3 is 0 Å². The van der Waals surface area contributed by atoms with Crippen molar-refractivity contribution < 1.29 is 0 Å². The van der Waals surface area contributed by atoms with Crippen LogP contribution in [0, 0.1) is 13.8 Å². The van der Waals surface area contributed by atoms with E-state index in [4.69, 9.17) is 17.3 Å². The van der Waals surface area contributed by atoms with E-state index in [1.165, 1.54) is 0 Å². The Bertz CT molecular complexity index is 554. The van der Waals surface area contributed by atoms with Gasteiger partial charge in [0.05, 0.1) is 0 Å². The van der Waals surface area contributed by atoms with Gasteiger partial charge in [0.2, 0.25) is 0 Å². The smallest absolute Gasteiger partial charge is 0.139 e. The Morgan fingerprint density at radius 3 is 2.71 bits per heavy atom. The van der Waals surface area contributed by atoms with Crippen LogP contribution in [0.25, 0.3) is 0 Å². The molecule has 0 aliphatic heterocycles. The second kappa shape index (κ2) is 4.59. The lowest BCUT2D eigenvalue weighted by molar-refractivity contribution is 1.04. The first-order chi connectivity index (χ1) is 8.06. The molecular formula is C12H13ClN4. The minimum absolute atomic E-state index is 0.488. The summed E-state index contributed by atoms with van der Waals surface area (Å²) in [5, 5.41) is 3.85. The minimum atomic E-state index is 0.488. The number of nitrogens with one attached hydrogen (secondary N) is 1. The largest absolute Gasteiger partial charge is 0.383 e. The molecule has 1 heterocycles. The number of benzene rings is 1. The van der Waals surface area contributed by atoms with Gasteiger partial charge in [-0.15, -0.1) is 0 Å². The molecule has 4 nitrogen and oxygen atoms in total. The highest BCUT2D eigenvalue weighted by molar-refractivity contribution is 6.30. The van der Waals surface area contributed by atoms with Gasteiger partial charge < -0.3 is 11.1 Å². The van der Waals surface area contributed by atoms with Crippen LogP contribution in [0.2, 0.25) is 5.02 Å². The van der Waals surface area contributed by atoms with Crippen molar-refractivity contribution in [3.63, 3.8) is 0 Å². The molecule has 0 spiro atoms. The molecule has 0 radical (unpaired) electrons. The Hall–Kier alpha value is -1.81. The van der Waals surface area contributed by atoms with Gasteiger partial charge in [0.25, 0.3) is 0 Å².